The summed E-state index contributed by atoms with van der Waals surface area (Å²) in [5, 5.41) is 4.11. The Hall–Kier alpha value is -2.90. The Morgan fingerprint density at radius 1 is 0.966 bits per heavy atom. The van der Waals surface area contributed by atoms with Crippen LogP contribution in [-0.4, -0.2) is 36.4 Å². The number of pyridine rings is 1. The molecule has 2 aliphatic rings. The van der Waals surface area contributed by atoms with Gasteiger partial charge in [0.15, 0.2) is 5.11 Å². The smallest absolute Gasteiger partial charge is 0.174 e. The number of nitrogens with one attached hydrogen (secondary N) is 1. The zero-order chi connectivity index (χ0) is 19.6. The first-order chi connectivity index (χ1) is 14.3. The fourth-order valence-electron chi connectivity index (χ4n) is 4.03. The summed E-state index contributed by atoms with van der Waals surface area (Å²) in [6.45, 7) is 3.38. The van der Waals surface area contributed by atoms with Crippen molar-refractivity contribution >= 4 is 28.7 Å². The van der Waals surface area contributed by atoms with E-state index in [4.69, 9.17) is 21.4 Å². The third kappa shape index (κ3) is 3.47. The van der Waals surface area contributed by atoms with Crippen LogP contribution >= 0.6 is 12.2 Å². The zero-order valence-electron chi connectivity index (χ0n) is 15.9. The highest BCUT2D eigenvalue weighted by atomic mass is 32.1. The van der Waals surface area contributed by atoms with Gasteiger partial charge in [-0.3, -0.25) is 4.98 Å². The summed E-state index contributed by atoms with van der Waals surface area (Å²) < 4.78 is 11.3. The number of hydrogen-bond donors (Lipinski definition) is 1. The number of anilines is 2. The number of morpholine rings is 1. The molecule has 2 atom stereocenters. The van der Waals surface area contributed by atoms with E-state index in [-0.39, 0.29) is 12.1 Å². The van der Waals surface area contributed by atoms with E-state index in [1.807, 2.05) is 30.3 Å². The monoisotopic (exact) mass is 406 g/mol. The average molecular weight is 407 g/mol. The van der Waals surface area contributed by atoms with Crippen molar-refractivity contribution in [3.8, 4) is 0 Å². The van der Waals surface area contributed by atoms with Crippen LogP contribution in [0.3, 0.4) is 0 Å². The van der Waals surface area contributed by atoms with Gasteiger partial charge in [-0.1, -0.05) is 6.07 Å². The summed E-state index contributed by atoms with van der Waals surface area (Å²) in [6.07, 6.45) is 3.50. The number of thiocarbonyl (C=S) groups is 1. The number of furan rings is 1. The summed E-state index contributed by atoms with van der Waals surface area (Å²) in [7, 11) is 0. The molecule has 0 bridgehead atoms. The number of rotatable bonds is 4. The Labute approximate surface area is 175 Å². The van der Waals surface area contributed by atoms with Crippen LogP contribution in [0.4, 0.5) is 11.4 Å². The fraction of sp³-hybridized carbons (Fsp3) is 0.273. The maximum Gasteiger partial charge on any atom is 0.174 e. The summed E-state index contributed by atoms with van der Waals surface area (Å²) >= 11 is 5.73. The van der Waals surface area contributed by atoms with Gasteiger partial charge < -0.3 is 24.3 Å². The molecular weight excluding hydrogens is 384 g/mol. The third-order valence-corrected chi connectivity index (χ3v) is 5.75. The van der Waals surface area contributed by atoms with E-state index in [1.54, 1.807) is 12.5 Å². The maximum atomic E-state index is 5.80. The van der Waals surface area contributed by atoms with E-state index in [0.717, 1.165) is 43.4 Å². The Kier molecular flexibility index (Phi) is 4.91. The Balaban J connectivity index is 1.48. The zero-order valence-corrected chi connectivity index (χ0v) is 16.7. The molecule has 2 fully saturated rings. The first-order valence-electron chi connectivity index (χ1n) is 9.78. The van der Waals surface area contributed by atoms with Gasteiger partial charge in [-0.2, -0.15) is 0 Å². The molecule has 1 N–H and O–H groups in total. The summed E-state index contributed by atoms with van der Waals surface area (Å²) in [6, 6.07) is 18.2. The lowest BCUT2D eigenvalue weighted by Crippen LogP contribution is -2.36. The largest absolute Gasteiger partial charge is 0.467 e. The van der Waals surface area contributed by atoms with Crippen LogP contribution in [0, 0.1) is 0 Å². The van der Waals surface area contributed by atoms with Crippen molar-refractivity contribution < 1.29 is 9.15 Å². The SMILES string of the molecule is S=C1N[C@H](c2ccccn2)[C@@H](c2ccco2)N1c1ccc(N2CCOCC2)cc1. The molecule has 0 spiro atoms. The third-order valence-electron chi connectivity index (χ3n) is 5.44. The van der Waals surface area contributed by atoms with Gasteiger partial charge in [0.25, 0.3) is 0 Å². The molecule has 7 heteroatoms. The van der Waals surface area contributed by atoms with Crippen molar-refractivity contribution in [1.29, 1.82) is 0 Å². The number of benzene rings is 1. The molecule has 1 aromatic carbocycles. The summed E-state index contributed by atoms with van der Waals surface area (Å²) in [5.74, 6) is 0.852. The normalized spacial score (nSPS) is 22.0. The highest BCUT2D eigenvalue weighted by molar-refractivity contribution is 7.80. The van der Waals surface area contributed by atoms with E-state index in [9.17, 15) is 0 Å². The molecule has 6 nitrogen and oxygen atoms in total. The number of hydrogen-bond acceptors (Lipinski definition) is 5. The van der Waals surface area contributed by atoms with Gasteiger partial charge in [0, 0.05) is 30.7 Å². The van der Waals surface area contributed by atoms with E-state index >= 15 is 0 Å². The van der Waals surface area contributed by atoms with Crippen LogP contribution in [0.5, 0.6) is 0 Å². The Morgan fingerprint density at radius 3 is 2.45 bits per heavy atom. The molecule has 2 aliphatic heterocycles. The van der Waals surface area contributed by atoms with Gasteiger partial charge in [0.1, 0.15) is 11.8 Å². The van der Waals surface area contributed by atoms with Crippen LogP contribution in [0.25, 0.3) is 0 Å². The van der Waals surface area contributed by atoms with Gasteiger partial charge in [-0.15, -0.1) is 0 Å². The number of ether oxygens (including phenoxy) is 1. The van der Waals surface area contributed by atoms with Crippen molar-refractivity contribution in [2.24, 2.45) is 0 Å². The van der Waals surface area contributed by atoms with Crippen LogP contribution in [0.1, 0.15) is 23.5 Å². The predicted molar refractivity (Wildman–Crippen MR) is 116 cm³/mol. The molecule has 0 aliphatic carbocycles. The second-order valence-corrected chi connectivity index (χ2v) is 7.51. The van der Waals surface area contributed by atoms with E-state index < -0.39 is 0 Å². The lowest BCUT2D eigenvalue weighted by molar-refractivity contribution is 0.122. The van der Waals surface area contributed by atoms with Gasteiger partial charge >= 0.3 is 0 Å². The second-order valence-electron chi connectivity index (χ2n) is 7.13. The van der Waals surface area contributed by atoms with Gasteiger partial charge in [0.2, 0.25) is 0 Å². The molecule has 0 unspecified atom stereocenters. The van der Waals surface area contributed by atoms with E-state index in [2.05, 4.69) is 44.4 Å². The standard InChI is InChI=1S/C22H22N4O2S/c29-22-24-20(18-4-1-2-10-23-18)21(19-5-3-13-28-19)26(22)17-8-6-16(7-9-17)25-11-14-27-15-12-25/h1-10,13,20-21H,11-12,14-15H2,(H,24,29)/t20-,21-/m1/s1. The topological polar surface area (TPSA) is 53.8 Å². The minimum Gasteiger partial charge on any atom is -0.467 e. The van der Waals surface area contributed by atoms with Crippen molar-refractivity contribution in [2.45, 2.75) is 12.1 Å². The van der Waals surface area contributed by atoms with Gasteiger partial charge in [0.05, 0.1) is 31.2 Å². The Morgan fingerprint density at radius 2 is 1.76 bits per heavy atom. The molecule has 0 saturated carbocycles. The first kappa shape index (κ1) is 18.1. The Bertz CT molecular complexity index is 956. The van der Waals surface area contributed by atoms with E-state index in [1.165, 1.54) is 5.69 Å². The fourth-order valence-corrected chi connectivity index (χ4v) is 4.37. The highest BCUT2D eigenvalue weighted by Crippen LogP contribution is 2.41. The van der Waals surface area contributed by atoms with Crippen LogP contribution in [-0.2, 0) is 4.74 Å². The molecule has 4 heterocycles. The van der Waals surface area contributed by atoms with Crippen LogP contribution in [0.15, 0.2) is 71.5 Å². The first-order valence-corrected chi connectivity index (χ1v) is 10.2. The van der Waals surface area contributed by atoms with Gasteiger partial charge in [-0.05, 0) is 60.7 Å². The number of aromatic nitrogens is 1. The molecule has 148 valence electrons. The predicted octanol–water partition coefficient (Wildman–Crippen LogP) is 3.69. The second kappa shape index (κ2) is 7.85. The molecule has 3 aromatic rings. The molecule has 2 saturated heterocycles. The van der Waals surface area contributed by atoms with Gasteiger partial charge in [-0.25, -0.2) is 0 Å². The van der Waals surface area contributed by atoms with Crippen molar-refractivity contribution in [2.75, 3.05) is 36.1 Å². The highest BCUT2D eigenvalue weighted by Gasteiger charge is 2.42. The minimum atomic E-state index is -0.110. The van der Waals surface area contributed by atoms with Crippen LogP contribution < -0.4 is 15.1 Å². The van der Waals surface area contributed by atoms with Crippen molar-refractivity contribution in [1.82, 2.24) is 10.3 Å². The van der Waals surface area contributed by atoms with Crippen molar-refractivity contribution in [3.63, 3.8) is 0 Å². The van der Waals surface area contributed by atoms with E-state index in [0.29, 0.717) is 5.11 Å². The molecule has 0 radical (unpaired) electrons. The minimum absolute atomic E-state index is 0.0891. The summed E-state index contributed by atoms with van der Waals surface area (Å²) in [5.41, 5.74) is 3.16. The maximum absolute atomic E-state index is 5.80. The molecule has 0 amide bonds. The van der Waals surface area contributed by atoms with Crippen molar-refractivity contribution in [3.05, 3.63) is 78.5 Å². The average Bonchev–Trinajstić information content (AvgIpc) is 3.43. The molecular formula is C22H22N4O2S. The summed E-state index contributed by atoms with van der Waals surface area (Å²) in [4.78, 5) is 9.01. The van der Waals surface area contributed by atoms with Crippen LogP contribution in [0.2, 0.25) is 0 Å². The number of nitrogens with zero attached hydrogens (tertiary/aromatic N) is 3. The molecule has 2 aromatic heterocycles. The quantitative estimate of drug-likeness (QED) is 0.663. The molecule has 29 heavy (non-hydrogen) atoms. The lowest BCUT2D eigenvalue weighted by Gasteiger charge is -2.30. The molecule has 5 rings (SSSR count). The lowest BCUT2D eigenvalue weighted by atomic mass is 10.0.